The summed E-state index contributed by atoms with van der Waals surface area (Å²) in [7, 11) is -3.56. The second-order valence-corrected chi connectivity index (χ2v) is 8.86. The lowest BCUT2D eigenvalue weighted by Gasteiger charge is -2.25. The highest BCUT2D eigenvalue weighted by Crippen LogP contribution is 2.22. The van der Waals surface area contributed by atoms with Crippen LogP contribution in [0.4, 0.5) is 11.4 Å². The molecular weight excluding hydrogens is 426 g/mol. The van der Waals surface area contributed by atoms with Crippen LogP contribution in [-0.2, 0) is 19.6 Å². The van der Waals surface area contributed by atoms with Gasteiger partial charge in [0.05, 0.1) is 15.4 Å². The van der Waals surface area contributed by atoms with Crippen molar-refractivity contribution in [1.82, 2.24) is 4.31 Å². The van der Waals surface area contributed by atoms with Crippen molar-refractivity contribution in [2.24, 2.45) is 0 Å². The molecule has 1 aliphatic heterocycles. The number of nitrogens with zero attached hydrogens (tertiary/aromatic N) is 2. The number of nitro benzene ring substituents is 1. The first kappa shape index (κ1) is 22.4. The smallest absolute Gasteiger partial charge is 0.338 e. The second kappa shape index (κ2) is 9.67. The molecule has 164 valence electrons. The van der Waals surface area contributed by atoms with Crippen molar-refractivity contribution in [3.63, 3.8) is 0 Å². The Morgan fingerprint density at radius 2 is 1.61 bits per heavy atom. The summed E-state index contributed by atoms with van der Waals surface area (Å²) in [5.74, 6) is -1.41. The van der Waals surface area contributed by atoms with Crippen LogP contribution < -0.4 is 5.32 Å². The van der Waals surface area contributed by atoms with Gasteiger partial charge in [0.25, 0.3) is 11.6 Å². The van der Waals surface area contributed by atoms with Crippen LogP contribution >= 0.6 is 0 Å². The largest absolute Gasteiger partial charge is 0.452 e. The number of nitro groups is 1. The summed E-state index contributed by atoms with van der Waals surface area (Å²) in [6, 6.07) is 10.6. The number of hydrogen-bond acceptors (Lipinski definition) is 7. The summed E-state index contributed by atoms with van der Waals surface area (Å²) < 4.78 is 31.6. The molecule has 1 amide bonds. The third kappa shape index (κ3) is 5.64. The average molecular weight is 447 g/mol. The van der Waals surface area contributed by atoms with Crippen LogP contribution in [-0.4, -0.2) is 49.2 Å². The molecule has 0 aromatic heterocycles. The van der Waals surface area contributed by atoms with Crippen LogP contribution in [0.1, 0.15) is 29.6 Å². The van der Waals surface area contributed by atoms with E-state index in [9.17, 15) is 28.1 Å². The predicted molar refractivity (Wildman–Crippen MR) is 111 cm³/mol. The first-order chi connectivity index (χ1) is 14.8. The number of amides is 1. The minimum atomic E-state index is -3.56. The van der Waals surface area contributed by atoms with E-state index in [1.54, 1.807) is 0 Å². The van der Waals surface area contributed by atoms with Gasteiger partial charge in [-0.05, 0) is 49.2 Å². The highest BCUT2D eigenvalue weighted by atomic mass is 32.2. The van der Waals surface area contributed by atoms with Gasteiger partial charge in [-0.15, -0.1) is 0 Å². The van der Waals surface area contributed by atoms with Crippen molar-refractivity contribution >= 4 is 33.3 Å². The fraction of sp³-hybridized carbons (Fsp3) is 0.300. The van der Waals surface area contributed by atoms with Gasteiger partial charge < -0.3 is 10.1 Å². The van der Waals surface area contributed by atoms with Gasteiger partial charge in [0.15, 0.2) is 6.61 Å². The number of nitrogens with one attached hydrogen (secondary N) is 1. The molecule has 11 heteroatoms. The van der Waals surface area contributed by atoms with Crippen LogP contribution in [0.5, 0.6) is 0 Å². The fourth-order valence-electron chi connectivity index (χ4n) is 3.10. The normalized spacial score (nSPS) is 14.6. The standard InChI is InChI=1S/C20H21N3O7S/c24-19(14-30-20(25)15-4-8-17(9-5-15)23(26)27)21-16-6-10-18(11-7-16)31(28,29)22-12-2-1-3-13-22/h4-11H,1-3,12-14H2,(H,21,24). The van der Waals surface area contributed by atoms with E-state index in [1.165, 1.54) is 40.7 Å². The number of carbonyl (C=O) groups excluding carboxylic acids is 2. The summed E-state index contributed by atoms with van der Waals surface area (Å²) in [5, 5.41) is 13.1. The van der Waals surface area contributed by atoms with Crippen LogP contribution in [0.15, 0.2) is 53.4 Å². The molecule has 1 heterocycles. The number of anilines is 1. The van der Waals surface area contributed by atoms with E-state index in [0.717, 1.165) is 31.4 Å². The first-order valence-corrected chi connectivity index (χ1v) is 11.0. The number of esters is 1. The van der Waals surface area contributed by atoms with Crippen LogP contribution in [0.3, 0.4) is 0 Å². The highest BCUT2D eigenvalue weighted by molar-refractivity contribution is 7.89. The van der Waals surface area contributed by atoms with Crippen LogP contribution in [0.25, 0.3) is 0 Å². The lowest BCUT2D eigenvalue weighted by molar-refractivity contribution is -0.384. The summed E-state index contributed by atoms with van der Waals surface area (Å²) in [5.41, 5.74) is 0.264. The summed E-state index contributed by atoms with van der Waals surface area (Å²) in [4.78, 5) is 34.1. The van der Waals surface area contributed by atoms with E-state index in [-0.39, 0.29) is 16.1 Å². The van der Waals surface area contributed by atoms with E-state index in [1.807, 2.05) is 0 Å². The summed E-state index contributed by atoms with van der Waals surface area (Å²) in [6.07, 6.45) is 2.70. The zero-order valence-corrected chi connectivity index (χ0v) is 17.3. The molecule has 1 N–H and O–H groups in total. The maximum Gasteiger partial charge on any atom is 0.338 e. The van der Waals surface area contributed by atoms with Gasteiger partial charge in [-0.2, -0.15) is 4.31 Å². The zero-order chi connectivity index (χ0) is 22.4. The lowest BCUT2D eigenvalue weighted by Crippen LogP contribution is -2.35. The molecular formula is C20H21N3O7S. The molecule has 0 unspecified atom stereocenters. The van der Waals surface area contributed by atoms with Gasteiger partial charge in [-0.1, -0.05) is 6.42 Å². The molecule has 31 heavy (non-hydrogen) atoms. The quantitative estimate of drug-likeness (QED) is 0.391. The Morgan fingerprint density at radius 1 is 1.00 bits per heavy atom. The average Bonchev–Trinajstić information content (AvgIpc) is 2.78. The molecule has 2 aromatic carbocycles. The molecule has 0 spiro atoms. The van der Waals surface area contributed by atoms with E-state index >= 15 is 0 Å². The molecule has 1 fully saturated rings. The lowest BCUT2D eigenvalue weighted by atomic mass is 10.2. The Morgan fingerprint density at radius 3 is 2.19 bits per heavy atom. The molecule has 1 aliphatic rings. The molecule has 10 nitrogen and oxygen atoms in total. The number of hydrogen-bond donors (Lipinski definition) is 1. The van der Waals surface area contributed by atoms with Crippen molar-refractivity contribution < 1.29 is 27.7 Å². The third-order valence-electron chi connectivity index (χ3n) is 4.74. The topological polar surface area (TPSA) is 136 Å². The number of sulfonamides is 1. The van der Waals surface area contributed by atoms with E-state index in [2.05, 4.69) is 5.32 Å². The van der Waals surface area contributed by atoms with Gasteiger partial charge in [0.1, 0.15) is 0 Å². The van der Waals surface area contributed by atoms with Crippen molar-refractivity contribution in [2.75, 3.05) is 25.0 Å². The highest BCUT2D eigenvalue weighted by Gasteiger charge is 2.25. The first-order valence-electron chi connectivity index (χ1n) is 9.59. The van der Waals surface area contributed by atoms with Crippen molar-refractivity contribution in [3.05, 3.63) is 64.2 Å². The molecule has 3 rings (SSSR count). The molecule has 0 radical (unpaired) electrons. The Labute approximate surface area is 179 Å². The van der Waals surface area contributed by atoms with Crippen molar-refractivity contribution in [3.8, 4) is 0 Å². The summed E-state index contributed by atoms with van der Waals surface area (Å²) in [6.45, 7) is 0.436. The van der Waals surface area contributed by atoms with Gasteiger partial charge in [-0.3, -0.25) is 14.9 Å². The number of benzene rings is 2. The SMILES string of the molecule is O=C(COC(=O)c1ccc([N+](=O)[O-])cc1)Nc1ccc(S(=O)(=O)N2CCCCC2)cc1. The molecule has 2 aromatic rings. The molecule has 0 bridgehead atoms. The predicted octanol–water partition coefficient (Wildman–Crippen LogP) is 2.56. The van der Waals surface area contributed by atoms with Gasteiger partial charge in [0, 0.05) is 30.9 Å². The maximum atomic E-state index is 12.6. The number of rotatable bonds is 7. The molecule has 0 atom stereocenters. The van der Waals surface area contributed by atoms with Crippen LogP contribution in [0.2, 0.25) is 0 Å². The number of carbonyl (C=O) groups is 2. The van der Waals surface area contributed by atoms with E-state index in [0.29, 0.717) is 18.8 Å². The Hall–Kier alpha value is -3.31. The number of piperidine rings is 1. The fourth-order valence-corrected chi connectivity index (χ4v) is 4.61. The number of ether oxygens (including phenoxy) is 1. The Bertz CT molecular complexity index is 1060. The van der Waals surface area contributed by atoms with E-state index in [4.69, 9.17) is 4.74 Å². The monoisotopic (exact) mass is 447 g/mol. The second-order valence-electron chi connectivity index (χ2n) is 6.92. The van der Waals surface area contributed by atoms with Gasteiger partial charge in [0.2, 0.25) is 10.0 Å². The van der Waals surface area contributed by atoms with Crippen LogP contribution in [0, 0.1) is 10.1 Å². The maximum absolute atomic E-state index is 12.6. The minimum Gasteiger partial charge on any atom is -0.452 e. The van der Waals surface area contributed by atoms with Crippen molar-refractivity contribution in [1.29, 1.82) is 0 Å². The van der Waals surface area contributed by atoms with E-state index < -0.39 is 33.4 Å². The summed E-state index contributed by atoms with van der Waals surface area (Å²) >= 11 is 0. The molecule has 1 saturated heterocycles. The van der Waals surface area contributed by atoms with Gasteiger partial charge in [-0.25, -0.2) is 13.2 Å². The third-order valence-corrected chi connectivity index (χ3v) is 6.65. The number of non-ortho nitro benzene ring substituents is 1. The van der Waals surface area contributed by atoms with Crippen molar-refractivity contribution in [2.45, 2.75) is 24.2 Å². The zero-order valence-electron chi connectivity index (χ0n) is 16.5. The molecule has 0 saturated carbocycles. The Kier molecular flexibility index (Phi) is 6.98. The molecule has 0 aliphatic carbocycles. The van der Waals surface area contributed by atoms with Gasteiger partial charge >= 0.3 is 5.97 Å². The minimum absolute atomic E-state index is 0.0747. The Balaban J connectivity index is 1.53.